The highest BCUT2D eigenvalue weighted by molar-refractivity contribution is 5.78. The number of aliphatic carboxylic acids is 1. The molecule has 6 heteroatoms. The molecule has 3 N–H and O–H groups in total. The van der Waals surface area contributed by atoms with Crippen molar-refractivity contribution in [2.75, 3.05) is 19.7 Å². The number of carboxylic acid groups (broad SMARTS) is 1. The third-order valence-corrected chi connectivity index (χ3v) is 3.40. The molecule has 0 saturated carbocycles. The first-order chi connectivity index (χ1) is 8.91. The number of urea groups is 1. The molecule has 0 heterocycles. The summed E-state index contributed by atoms with van der Waals surface area (Å²) >= 11 is 0. The number of carbonyl (C=O) groups is 2. The van der Waals surface area contributed by atoms with Crippen LogP contribution >= 0.6 is 0 Å². The number of nitrogens with one attached hydrogen (secondary N) is 2. The van der Waals surface area contributed by atoms with E-state index in [1.807, 2.05) is 27.7 Å². The lowest BCUT2D eigenvalue weighted by molar-refractivity contribution is -0.149. The van der Waals surface area contributed by atoms with E-state index < -0.39 is 11.4 Å². The van der Waals surface area contributed by atoms with Crippen LogP contribution in [0.5, 0.6) is 0 Å². The largest absolute Gasteiger partial charge is 0.481 e. The number of carbonyl (C=O) groups excluding carboxylic acids is 1. The van der Waals surface area contributed by atoms with Gasteiger partial charge in [0.25, 0.3) is 0 Å². The Bertz CT molecular complexity index is 290. The minimum absolute atomic E-state index is 0.0580. The molecule has 0 saturated heterocycles. The topological polar surface area (TPSA) is 87.7 Å². The minimum atomic E-state index is -0.886. The molecular formula is C13H26N2O4. The highest BCUT2D eigenvalue weighted by Gasteiger charge is 2.35. The van der Waals surface area contributed by atoms with E-state index in [1.165, 1.54) is 0 Å². The van der Waals surface area contributed by atoms with Gasteiger partial charge in [0.15, 0.2) is 0 Å². The van der Waals surface area contributed by atoms with Gasteiger partial charge in [0.1, 0.15) is 0 Å². The van der Waals surface area contributed by atoms with Crippen LogP contribution in [-0.4, -0.2) is 42.9 Å². The summed E-state index contributed by atoms with van der Waals surface area (Å²) in [5, 5.41) is 14.5. The van der Waals surface area contributed by atoms with Crippen LogP contribution in [0.2, 0.25) is 0 Å². The maximum absolute atomic E-state index is 11.6. The average Bonchev–Trinajstić information content (AvgIpc) is 2.38. The van der Waals surface area contributed by atoms with Gasteiger partial charge >= 0.3 is 12.0 Å². The smallest absolute Gasteiger partial charge is 0.314 e. The van der Waals surface area contributed by atoms with Crippen molar-refractivity contribution in [1.29, 1.82) is 0 Å². The highest BCUT2D eigenvalue weighted by atomic mass is 16.5. The van der Waals surface area contributed by atoms with Crippen LogP contribution in [0.3, 0.4) is 0 Å². The molecule has 0 spiro atoms. The van der Waals surface area contributed by atoms with E-state index in [1.54, 1.807) is 0 Å². The van der Waals surface area contributed by atoms with Gasteiger partial charge in [-0.25, -0.2) is 4.79 Å². The second-order valence-corrected chi connectivity index (χ2v) is 4.62. The molecule has 0 aromatic heterocycles. The summed E-state index contributed by atoms with van der Waals surface area (Å²) in [4.78, 5) is 22.8. The quantitative estimate of drug-likeness (QED) is 0.596. The standard InChI is InChI=1S/C13H26N2O4/c1-5-13(6-2,11(16)17)9-15-12(18)14-8-10(4)19-7-3/h10H,5-9H2,1-4H3,(H,16,17)(H2,14,15,18). The monoisotopic (exact) mass is 274 g/mol. The van der Waals surface area contributed by atoms with E-state index in [2.05, 4.69) is 10.6 Å². The predicted molar refractivity (Wildman–Crippen MR) is 73.1 cm³/mol. The van der Waals surface area contributed by atoms with Crippen LogP contribution in [0.25, 0.3) is 0 Å². The van der Waals surface area contributed by atoms with Gasteiger partial charge in [-0.15, -0.1) is 0 Å². The molecule has 19 heavy (non-hydrogen) atoms. The fraction of sp³-hybridized carbons (Fsp3) is 0.846. The van der Waals surface area contributed by atoms with Crippen molar-refractivity contribution in [3.63, 3.8) is 0 Å². The van der Waals surface area contributed by atoms with Crippen molar-refractivity contribution in [3.05, 3.63) is 0 Å². The fourth-order valence-corrected chi connectivity index (χ4v) is 1.77. The van der Waals surface area contributed by atoms with Gasteiger partial charge in [0, 0.05) is 19.7 Å². The van der Waals surface area contributed by atoms with Gasteiger partial charge in [0.2, 0.25) is 0 Å². The van der Waals surface area contributed by atoms with Gasteiger partial charge in [0.05, 0.1) is 11.5 Å². The lowest BCUT2D eigenvalue weighted by Gasteiger charge is -2.27. The van der Waals surface area contributed by atoms with Crippen LogP contribution in [0.1, 0.15) is 40.5 Å². The average molecular weight is 274 g/mol. The highest BCUT2D eigenvalue weighted by Crippen LogP contribution is 2.25. The summed E-state index contributed by atoms with van der Waals surface area (Å²) < 4.78 is 5.28. The van der Waals surface area contributed by atoms with Crippen molar-refractivity contribution in [2.24, 2.45) is 5.41 Å². The Morgan fingerprint density at radius 3 is 2.21 bits per heavy atom. The van der Waals surface area contributed by atoms with Gasteiger partial charge in [-0.05, 0) is 26.7 Å². The van der Waals surface area contributed by atoms with Crippen molar-refractivity contribution >= 4 is 12.0 Å². The van der Waals surface area contributed by atoms with E-state index in [9.17, 15) is 14.7 Å². The Hall–Kier alpha value is -1.30. The van der Waals surface area contributed by atoms with Crippen LogP contribution < -0.4 is 10.6 Å². The zero-order chi connectivity index (χ0) is 14.9. The summed E-state index contributed by atoms with van der Waals surface area (Å²) in [5.74, 6) is -0.875. The molecule has 0 rings (SSSR count). The van der Waals surface area contributed by atoms with Gasteiger partial charge in [-0.2, -0.15) is 0 Å². The number of rotatable bonds is 9. The first-order valence-electron chi connectivity index (χ1n) is 6.78. The maximum Gasteiger partial charge on any atom is 0.314 e. The second-order valence-electron chi connectivity index (χ2n) is 4.62. The number of amides is 2. The molecule has 6 nitrogen and oxygen atoms in total. The lowest BCUT2D eigenvalue weighted by Crippen LogP contribution is -2.47. The molecular weight excluding hydrogens is 248 g/mol. The molecule has 0 fully saturated rings. The van der Waals surface area contributed by atoms with Gasteiger partial charge in [-0.1, -0.05) is 13.8 Å². The number of hydrogen-bond donors (Lipinski definition) is 3. The third kappa shape index (κ3) is 5.92. The summed E-state index contributed by atoms with van der Waals surface area (Å²) in [7, 11) is 0. The summed E-state index contributed by atoms with van der Waals surface area (Å²) in [6.45, 7) is 8.51. The van der Waals surface area contributed by atoms with E-state index in [-0.39, 0.29) is 18.7 Å². The zero-order valence-electron chi connectivity index (χ0n) is 12.3. The van der Waals surface area contributed by atoms with Crippen molar-refractivity contribution in [1.82, 2.24) is 10.6 Å². The SMILES string of the molecule is CCOC(C)CNC(=O)NCC(CC)(CC)C(=O)O. The van der Waals surface area contributed by atoms with Gasteiger partial charge in [-0.3, -0.25) is 4.79 Å². The number of hydrogen-bond acceptors (Lipinski definition) is 3. The van der Waals surface area contributed by atoms with E-state index >= 15 is 0 Å². The lowest BCUT2D eigenvalue weighted by atomic mass is 9.82. The zero-order valence-corrected chi connectivity index (χ0v) is 12.3. The van der Waals surface area contributed by atoms with Crippen LogP contribution in [0, 0.1) is 5.41 Å². The number of ether oxygens (including phenoxy) is 1. The van der Waals surface area contributed by atoms with Crippen LogP contribution in [0.15, 0.2) is 0 Å². The predicted octanol–water partition coefficient (Wildman–Crippen LogP) is 1.60. The molecule has 1 atom stereocenters. The Kier molecular flexibility index (Phi) is 8.14. The molecule has 0 aromatic carbocycles. The molecule has 2 amide bonds. The fourth-order valence-electron chi connectivity index (χ4n) is 1.77. The summed E-state index contributed by atoms with van der Waals surface area (Å²) in [5.41, 5.74) is -0.886. The summed E-state index contributed by atoms with van der Waals surface area (Å²) in [6, 6.07) is -0.362. The molecule has 0 aliphatic rings. The maximum atomic E-state index is 11.6. The Morgan fingerprint density at radius 2 is 1.79 bits per heavy atom. The van der Waals surface area contributed by atoms with Crippen LogP contribution in [-0.2, 0) is 9.53 Å². The van der Waals surface area contributed by atoms with E-state index in [0.717, 1.165) is 0 Å². The summed E-state index contributed by atoms with van der Waals surface area (Å²) in [6.07, 6.45) is 0.903. The number of carboxylic acids is 1. The first kappa shape index (κ1) is 17.7. The second kappa shape index (κ2) is 8.74. The molecule has 0 bridgehead atoms. The van der Waals surface area contributed by atoms with E-state index in [4.69, 9.17) is 4.74 Å². The normalized spacial score (nSPS) is 12.8. The Labute approximate surface area is 114 Å². The van der Waals surface area contributed by atoms with Gasteiger partial charge < -0.3 is 20.5 Å². The molecule has 112 valence electrons. The van der Waals surface area contributed by atoms with E-state index in [0.29, 0.717) is 26.0 Å². The van der Waals surface area contributed by atoms with Crippen molar-refractivity contribution in [2.45, 2.75) is 46.6 Å². The van der Waals surface area contributed by atoms with Crippen molar-refractivity contribution in [3.8, 4) is 0 Å². The first-order valence-corrected chi connectivity index (χ1v) is 6.78. The Balaban J connectivity index is 4.16. The van der Waals surface area contributed by atoms with Crippen LogP contribution in [0.4, 0.5) is 4.79 Å². The molecule has 1 unspecified atom stereocenters. The van der Waals surface area contributed by atoms with Crippen molar-refractivity contribution < 1.29 is 19.4 Å². The molecule has 0 radical (unpaired) electrons. The Morgan fingerprint density at radius 1 is 1.21 bits per heavy atom. The third-order valence-electron chi connectivity index (χ3n) is 3.40. The molecule has 0 aromatic rings. The molecule has 0 aliphatic carbocycles. The molecule has 0 aliphatic heterocycles. The minimum Gasteiger partial charge on any atom is -0.481 e.